The molecule has 0 aliphatic heterocycles. The lowest BCUT2D eigenvalue weighted by molar-refractivity contribution is -0.128. The molecule has 172 valence electrons. The highest BCUT2D eigenvalue weighted by atomic mass is 35.5. The van der Waals surface area contributed by atoms with Crippen LogP contribution in [0.25, 0.3) is 0 Å². The Morgan fingerprint density at radius 1 is 0.781 bits per heavy atom. The molecule has 2 fully saturated rings. The molecule has 2 saturated carbocycles. The maximum Gasteiger partial charge on any atom is 0.150 e. The van der Waals surface area contributed by atoms with Crippen molar-refractivity contribution in [1.82, 2.24) is 0 Å². The van der Waals surface area contributed by atoms with Crippen molar-refractivity contribution < 1.29 is 19.5 Å². The Morgan fingerprint density at radius 3 is 1.78 bits per heavy atom. The highest BCUT2D eigenvalue weighted by Gasteiger charge is 2.29. The van der Waals surface area contributed by atoms with Gasteiger partial charge in [-0.2, -0.15) is 0 Å². The number of aliphatic hydroxyl groups is 1. The van der Waals surface area contributed by atoms with E-state index < -0.39 is 6.10 Å². The van der Waals surface area contributed by atoms with E-state index in [1.807, 2.05) is 0 Å². The fraction of sp³-hybridized carbons (Fsp3) is 0.423. The standard InChI is InChI=1S/C13H15ClO2.C7H5ClO.C6H10O/c14-10-7-5-9(6-8-10)13(16)11-3-1-2-4-12(11)15;8-7-3-1-6(5-9)2-4-7;7-6-4-2-1-3-5-6/h5-8,11,13,16H,1-4H2;1-5H;1-5H2/t11-,13+;;/m1../s1. The molecule has 2 atom stereocenters. The van der Waals surface area contributed by atoms with Crippen molar-refractivity contribution in [2.24, 2.45) is 5.92 Å². The van der Waals surface area contributed by atoms with Crippen molar-refractivity contribution in [3.63, 3.8) is 0 Å². The molecule has 4 rings (SSSR count). The van der Waals surface area contributed by atoms with E-state index in [1.54, 1.807) is 48.5 Å². The first-order valence-corrected chi connectivity index (χ1v) is 11.8. The van der Waals surface area contributed by atoms with Crippen LogP contribution in [0.3, 0.4) is 0 Å². The lowest BCUT2D eigenvalue weighted by Crippen LogP contribution is -2.25. The van der Waals surface area contributed by atoms with Crippen molar-refractivity contribution in [3.05, 3.63) is 69.7 Å². The molecule has 4 nitrogen and oxygen atoms in total. The van der Waals surface area contributed by atoms with Crippen LogP contribution in [0.1, 0.15) is 79.8 Å². The van der Waals surface area contributed by atoms with Crippen LogP contribution in [0.5, 0.6) is 0 Å². The van der Waals surface area contributed by atoms with Gasteiger partial charge in [0.15, 0.2) is 0 Å². The molecule has 0 unspecified atom stereocenters. The smallest absolute Gasteiger partial charge is 0.150 e. The fourth-order valence-corrected chi connectivity index (χ4v) is 3.98. The van der Waals surface area contributed by atoms with Gasteiger partial charge in [0.2, 0.25) is 0 Å². The number of aliphatic hydroxyl groups excluding tert-OH is 1. The summed E-state index contributed by atoms with van der Waals surface area (Å²) in [5.41, 5.74) is 1.43. The highest BCUT2D eigenvalue weighted by molar-refractivity contribution is 6.30. The molecule has 0 bridgehead atoms. The van der Waals surface area contributed by atoms with Gasteiger partial charge in [0.1, 0.15) is 17.9 Å². The van der Waals surface area contributed by atoms with Gasteiger partial charge in [-0.05, 0) is 55.5 Å². The Bertz CT molecular complexity index is 854. The Morgan fingerprint density at radius 2 is 1.31 bits per heavy atom. The molecule has 0 saturated heterocycles. The third kappa shape index (κ3) is 9.23. The third-order valence-corrected chi connectivity index (χ3v) is 6.12. The molecule has 6 heteroatoms. The van der Waals surface area contributed by atoms with Crippen LogP contribution in [0.4, 0.5) is 0 Å². The largest absolute Gasteiger partial charge is 0.388 e. The number of rotatable bonds is 3. The summed E-state index contributed by atoms with van der Waals surface area (Å²) in [6.07, 6.45) is 8.74. The maximum absolute atomic E-state index is 11.7. The quantitative estimate of drug-likeness (QED) is 0.494. The SMILES string of the molecule is O=C1CCCCC1.O=C1CCCC[C@H]1[C@@H](O)c1ccc(Cl)cc1.O=Cc1ccc(Cl)cc1. The number of carbonyl (C=O) groups excluding carboxylic acids is 3. The van der Waals surface area contributed by atoms with Gasteiger partial charge in [-0.25, -0.2) is 0 Å². The number of halogens is 2. The first-order valence-electron chi connectivity index (χ1n) is 11.1. The van der Waals surface area contributed by atoms with Gasteiger partial charge in [0, 0.05) is 40.8 Å². The van der Waals surface area contributed by atoms with Crippen LogP contribution in [0.15, 0.2) is 48.5 Å². The van der Waals surface area contributed by atoms with E-state index >= 15 is 0 Å². The van der Waals surface area contributed by atoms with Gasteiger partial charge in [0.25, 0.3) is 0 Å². The van der Waals surface area contributed by atoms with Gasteiger partial charge in [0.05, 0.1) is 6.10 Å². The van der Waals surface area contributed by atoms with E-state index in [0.717, 1.165) is 56.8 Å². The molecule has 2 aliphatic rings. The summed E-state index contributed by atoms with van der Waals surface area (Å²) in [5.74, 6) is 0.426. The van der Waals surface area contributed by atoms with Crippen LogP contribution < -0.4 is 0 Å². The van der Waals surface area contributed by atoms with Crippen molar-refractivity contribution in [1.29, 1.82) is 0 Å². The molecule has 1 N–H and O–H groups in total. The second-order valence-electron chi connectivity index (χ2n) is 8.08. The minimum atomic E-state index is -0.676. The van der Waals surface area contributed by atoms with E-state index in [2.05, 4.69) is 0 Å². The summed E-state index contributed by atoms with van der Waals surface area (Å²) < 4.78 is 0. The first-order chi connectivity index (χ1) is 15.4. The predicted octanol–water partition coefficient (Wildman–Crippen LogP) is 6.80. The summed E-state index contributed by atoms with van der Waals surface area (Å²) in [6.45, 7) is 0. The summed E-state index contributed by atoms with van der Waals surface area (Å²) in [6, 6.07) is 13.8. The zero-order chi connectivity index (χ0) is 23.3. The Kier molecular flexibility index (Phi) is 11.6. The van der Waals surface area contributed by atoms with Crippen molar-refractivity contribution in [3.8, 4) is 0 Å². The summed E-state index contributed by atoms with van der Waals surface area (Å²) in [7, 11) is 0. The van der Waals surface area contributed by atoms with Gasteiger partial charge in [-0.1, -0.05) is 60.3 Å². The summed E-state index contributed by atoms with van der Waals surface area (Å²) in [4.78, 5) is 32.2. The number of hydrogen-bond donors (Lipinski definition) is 1. The van der Waals surface area contributed by atoms with Crippen LogP contribution in [0.2, 0.25) is 10.0 Å². The number of carbonyl (C=O) groups is 3. The molecule has 0 heterocycles. The molecular formula is C26H30Cl2O4. The van der Waals surface area contributed by atoms with E-state index in [-0.39, 0.29) is 11.7 Å². The monoisotopic (exact) mass is 476 g/mol. The number of benzene rings is 2. The van der Waals surface area contributed by atoms with E-state index in [4.69, 9.17) is 23.2 Å². The molecule has 0 radical (unpaired) electrons. The van der Waals surface area contributed by atoms with Gasteiger partial charge >= 0.3 is 0 Å². The van der Waals surface area contributed by atoms with Crippen LogP contribution in [-0.2, 0) is 9.59 Å². The summed E-state index contributed by atoms with van der Waals surface area (Å²) >= 11 is 11.3. The van der Waals surface area contributed by atoms with E-state index in [0.29, 0.717) is 27.8 Å². The summed E-state index contributed by atoms with van der Waals surface area (Å²) in [5, 5.41) is 11.4. The van der Waals surface area contributed by atoms with E-state index in [1.165, 1.54) is 6.42 Å². The molecule has 2 aliphatic carbocycles. The van der Waals surface area contributed by atoms with Crippen LogP contribution in [0, 0.1) is 5.92 Å². The van der Waals surface area contributed by atoms with Gasteiger partial charge < -0.3 is 5.11 Å². The Hall–Kier alpha value is -2.01. The van der Waals surface area contributed by atoms with Crippen LogP contribution >= 0.6 is 23.2 Å². The molecule has 32 heavy (non-hydrogen) atoms. The topological polar surface area (TPSA) is 71.4 Å². The number of ketones is 2. The van der Waals surface area contributed by atoms with Crippen molar-refractivity contribution in [2.45, 2.75) is 63.9 Å². The van der Waals surface area contributed by atoms with Gasteiger partial charge in [-0.3, -0.25) is 14.4 Å². The van der Waals surface area contributed by atoms with Crippen molar-refractivity contribution in [2.75, 3.05) is 0 Å². The molecule has 2 aromatic carbocycles. The third-order valence-electron chi connectivity index (χ3n) is 5.61. The predicted molar refractivity (Wildman–Crippen MR) is 128 cm³/mol. The second-order valence-corrected chi connectivity index (χ2v) is 8.96. The molecule has 0 spiro atoms. The average Bonchev–Trinajstić information content (AvgIpc) is 2.81. The normalized spacial score (nSPS) is 19.0. The first kappa shape index (κ1) is 26.2. The zero-order valence-corrected chi connectivity index (χ0v) is 19.7. The Balaban J connectivity index is 0.000000191. The minimum Gasteiger partial charge on any atom is -0.388 e. The average molecular weight is 477 g/mol. The number of hydrogen-bond acceptors (Lipinski definition) is 4. The lowest BCUT2D eigenvalue weighted by atomic mass is 9.82. The second kappa shape index (κ2) is 14.2. The molecule has 0 aromatic heterocycles. The molecule has 2 aromatic rings. The fourth-order valence-electron chi connectivity index (χ4n) is 3.72. The molecule has 0 amide bonds. The Labute approximate surface area is 199 Å². The maximum atomic E-state index is 11.7. The number of aldehydes is 1. The lowest BCUT2D eigenvalue weighted by Gasteiger charge is -2.25. The molecular weight excluding hydrogens is 447 g/mol. The van der Waals surface area contributed by atoms with E-state index in [9.17, 15) is 19.5 Å². The van der Waals surface area contributed by atoms with Crippen molar-refractivity contribution >= 4 is 41.1 Å². The minimum absolute atomic E-state index is 0.189. The van der Waals surface area contributed by atoms with Crippen LogP contribution in [-0.4, -0.2) is 23.0 Å². The highest BCUT2D eigenvalue weighted by Crippen LogP contribution is 2.32. The zero-order valence-electron chi connectivity index (χ0n) is 18.1. The number of Topliss-reactive ketones (excluding diaryl/α,β-unsaturated/α-hetero) is 2. The van der Waals surface area contributed by atoms with Gasteiger partial charge in [-0.15, -0.1) is 0 Å².